The van der Waals surface area contributed by atoms with E-state index in [1.165, 1.54) is 0 Å². The molecule has 0 aliphatic carbocycles. The zero-order chi connectivity index (χ0) is 12.5. The zero-order valence-corrected chi connectivity index (χ0v) is 9.92. The van der Waals surface area contributed by atoms with Crippen LogP contribution in [0.2, 0.25) is 0 Å². The third kappa shape index (κ3) is 1.83. The molecule has 0 fully saturated rings. The minimum absolute atomic E-state index is 0.0263. The Labute approximate surface area is 94.5 Å². The number of hydrogen-bond acceptors (Lipinski definition) is 4. The van der Waals surface area contributed by atoms with Gasteiger partial charge in [0.15, 0.2) is 0 Å². The standard InChI is InChI=1S/C12H16O4/c1-5-16-12(15)9-8(4)10(13)6(2)7(3)11(9)14/h13-14H,5H2,1-4H3. The second-order valence-corrected chi connectivity index (χ2v) is 3.67. The molecule has 0 bridgehead atoms. The molecule has 0 heterocycles. The van der Waals surface area contributed by atoms with Gasteiger partial charge in [-0.25, -0.2) is 4.79 Å². The van der Waals surface area contributed by atoms with Crippen LogP contribution in [0.15, 0.2) is 0 Å². The Balaban J connectivity index is 3.45. The highest BCUT2D eigenvalue weighted by Crippen LogP contribution is 2.36. The van der Waals surface area contributed by atoms with Crippen LogP contribution in [0.25, 0.3) is 0 Å². The van der Waals surface area contributed by atoms with Crippen LogP contribution in [-0.4, -0.2) is 22.8 Å². The smallest absolute Gasteiger partial charge is 0.342 e. The van der Waals surface area contributed by atoms with Crippen molar-refractivity contribution in [3.05, 3.63) is 22.3 Å². The number of esters is 1. The Morgan fingerprint density at radius 1 is 1.06 bits per heavy atom. The number of ether oxygens (including phenoxy) is 1. The van der Waals surface area contributed by atoms with Gasteiger partial charge >= 0.3 is 5.97 Å². The molecule has 0 saturated carbocycles. The van der Waals surface area contributed by atoms with E-state index in [9.17, 15) is 15.0 Å². The van der Waals surface area contributed by atoms with Crippen molar-refractivity contribution in [3.8, 4) is 11.5 Å². The van der Waals surface area contributed by atoms with E-state index in [0.717, 1.165) is 0 Å². The van der Waals surface area contributed by atoms with Crippen LogP contribution in [0.1, 0.15) is 34.0 Å². The van der Waals surface area contributed by atoms with Gasteiger partial charge in [-0.3, -0.25) is 0 Å². The van der Waals surface area contributed by atoms with Crippen molar-refractivity contribution in [1.82, 2.24) is 0 Å². The maximum Gasteiger partial charge on any atom is 0.342 e. The molecule has 0 unspecified atom stereocenters. The number of carbonyl (C=O) groups excluding carboxylic acids is 1. The van der Waals surface area contributed by atoms with Crippen molar-refractivity contribution in [2.75, 3.05) is 6.61 Å². The van der Waals surface area contributed by atoms with Crippen LogP contribution in [0.4, 0.5) is 0 Å². The van der Waals surface area contributed by atoms with Gasteiger partial charge in [-0.1, -0.05) is 0 Å². The molecule has 0 aliphatic heterocycles. The predicted molar refractivity (Wildman–Crippen MR) is 59.9 cm³/mol. The summed E-state index contributed by atoms with van der Waals surface area (Å²) in [6.45, 7) is 6.82. The van der Waals surface area contributed by atoms with E-state index < -0.39 is 5.97 Å². The summed E-state index contributed by atoms with van der Waals surface area (Å²) in [5.74, 6) is -0.708. The third-order valence-electron chi connectivity index (χ3n) is 2.72. The lowest BCUT2D eigenvalue weighted by Crippen LogP contribution is -2.08. The molecule has 4 nitrogen and oxygen atoms in total. The lowest BCUT2D eigenvalue weighted by molar-refractivity contribution is 0.0521. The molecule has 0 spiro atoms. The molecular weight excluding hydrogens is 208 g/mol. The van der Waals surface area contributed by atoms with Crippen LogP contribution in [0.3, 0.4) is 0 Å². The van der Waals surface area contributed by atoms with Crippen molar-refractivity contribution < 1.29 is 19.7 Å². The Hall–Kier alpha value is -1.71. The highest BCUT2D eigenvalue weighted by Gasteiger charge is 2.22. The molecule has 1 aromatic carbocycles. The second kappa shape index (κ2) is 4.43. The van der Waals surface area contributed by atoms with Crippen LogP contribution < -0.4 is 0 Å². The number of benzene rings is 1. The monoisotopic (exact) mass is 224 g/mol. The van der Waals surface area contributed by atoms with Crippen molar-refractivity contribution in [2.45, 2.75) is 27.7 Å². The topological polar surface area (TPSA) is 66.8 Å². The molecule has 0 aromatic heterocycles. The number of carbonyl (C=O) groups is 1. The third-order valence-corrected chi connectivity index (χ3v) is 2.72. The fourth-order valence-corrected chi connectivity index (χ4v) is 1.57. The van der Waals surface area contributed by atoms with Crippen molar-refractivity contribution in [2.24, 2.45) is 0 Å². The van der Waals surface area contributed by atoms with E-state index in [-0.39, 0.29) is 23.7 Å². The molecule has 0 aliphatic rings. The number of phenolic OH excluding ortho intramolecular Hbond substituents is 2. The molecule has 0 amide bonds. The largest absolute Gasteiger partial charge is 0.507 e. The minimum atomic E-state index is -0.615. The number of aromatic hydroxyl groups is 2. The first-order chi connectivity index (χ1) is 7.41. The number of phenols is 2. The molecule has 0 atom stereocenters. The fourth-order valence-electron chi connectivity index (χ4n) is 1.57. The summed E-state index contributed by atoms with van der Waals surface area (Å²) in [5.41, 5.74) is 1.45. The van der Waals surface area contributed by atoms with E-state index >= 15 is 0 Å². The van der Waals surface area contributed by atoms with Crippen LogP contribution in [-0.2, 0) is 4.74 Å². The first kappa shape index (κ1) is 12.4. The highest BCUT2D eigenvalue weighted by molar-refractivity contribution is 5.95. The van der Waals surface area contributed by atoms with Gasteiger partial charge in [0, 0.05) is 5.56 Å². The zero-order valence-electron chi connectivity index (χ0n) is 9.92. The molecule has 1 aromatic rings. The normalized spacial score (nSPS) is 10.2. The van der Waals surface area contributed by atoms with E-state index in [1.54, 1.807) is 27.7 Å². The van der Waals surface area contributed by atoms with Crippen LogP contribution in [0.5, 0.6) is 11.5 Å². The quantitative estimate of drug-likeness (QED) is 0.597. The maximum atomic E-state index is 11.6. The summed E-state index contributed by atoms with van der Waals surface area (Å²) in [6.07, 6.45) is 0. The lowest BCUT2D eigenvalue weighted by atomic mass is 9.97. The Morgan fingerprint density at radius 2 is 1.56 bits per heavy atom. The molecule has 88 valence electrons. The maximum absolute atomic E-state index is 11.6. The molecule has 4 heteroatoms. The van der Waals surface area contributed by atoms with Crippen molar-refractivity contribution in [1.29, 1.82) is 0 Å². The molecule has 0 saturated heterocycles. The highest BCUT2D eigenvalue weighted by atomic mass is 16.5. The Kier molecular flexibility index (Phi) is 3.42. The summed E-state index contributed by atoms with van der Waals surface area (Å²) >= 11 is 0. The van der Waals surface area contributed by atoms with E-state index in [2.05, 4.69) is 0 Å². The van der Waals surface area contributed by atoms with Crippen molar-refractivity contribution in [3.63, 3.8) is 0 Å². The van der Waals surface area contributed by atoms with Gasteiger partial charge in [-0.2, -0.15) is 0 Å². The van der Waals surface area contributed by atoms with Gasteiger partial charge in [0.2, 0.25) is 0 Å². The van der Waals surface area contributed by atoms with Gasteiger partial charge in [-0.15, -0.1) is 0 Å². The summed E-state index contributed by atoms with van der Waals surface area (Å²) in [5, 5.41) is 19.7. The molecule has 2 N–H and O–H groups in total. The van der Waals surface area contributed by atoms with E-state index in [0.29, 0.717) is 16.7 Å². The first-order valence-electron chi connectivity index (χ1n) is 5.10. The first-order valence-corrected chi connectivity index (χ1v) is 5.10. The molecular formula is C12H16O4. The van der Waals surface area contributed by atoms with Crippen LogP contribution in [0, 0.1) is 20.8 Å². The minimum Gasteiger partial charge on any atom is -0.507 e. The average molecular weight is 224 g/mol. The Morgan fingerprint density at radius 3 is 2.06 bits per heavy atom. The fraction of sp³-hybridized carbons (Fsp3) is 0.417. The summed E-state index contributed by atoms with van der Waals surface area (Å²) < 4.78 is 4.83. The van der Waals surface area contributed by atoms with Crippen molar-refractivity contribution >= 4 is 5.97 Å². The number of hydrogen-bond donors (Lipinski definition) is 2. The Bertz CT molecular complexity index is 406. The van der Waals surface area contributed by atoms with Gasteiger partial charge in [0.1, 0.15) is 17.1 Å². The average Bonchev–Trinajstić information content (AvgIpc) is 2.24. The molecule has 1 rings (SSSR count). The van der Waals surface area contributed by atoms with Gasteiger partial charge in [0.25, 0.3) is 0 Å². The van der Waals surface area contributed by atoms with Crippen LogP contribution >= 0.6 is 0 Å². The van der Waals surface area contributed by atoms with E-state index in [1.807, 2.05) is 0 Å². The predicted octanol–water partition coefficient (Wildman–Crippen LogP) is 2.20. The van der Waals surface area contributed by atoms with Gasteiger partial charge < -0.3 is 14.9 Å². The summed E-state index contributed by atoms with van der Waals surface area (Å²) in [7, 11) is 0. The SMILES string of the molecule is CCOC(=O)c1c(C)c(O)c(C)c(C)c1O. The van der Waals surface area contributed by atoms with Gasteiger partial charge in [-0.05, 0) is 38.8 Å². The van der Waals surface area contributed by atoms with E-state index in [4.69, 9.17) is 4.74 Å². The molecule has 16 heavy (non-hydrogen) atoms. The summed E-state index contributed by atoms with van der Waals surface area (Å²) in [4.78, 5) is 11.6. The number of rotatable bonds is 2. The van der Waals surface area contributed by atoms with Gasteiger partial charge in [0.05, 0.1) is 6.61 Å². The molecule has 0 radical (unpaired) electrons. The summed E-state index contributed by atoms with van der Waals surface area (Å²) in [6, 6.07) is 0. The lowest BCUT2D eigenvalue weighted by Gasteiger charge is -2.14. The second-order valence-electron chi connectivity index (χ2n) is 3.67.